The number of nitrogens with zero attached hydrogens (tertiary/aromatic N) is 1. The molecule has 0 bridgehead atoms. The fourth-order valence-corrected chi connectivity index (χ4v) is 2.42. The molecule has 0 fully saturated rings. The molecule has 0 radical (unpaired) electrons. The van der Waals surface area contributed by atoms with Gasteiger partial charge in [0.1, 0.15) is 5.01 Å². The van der Waals surface area contributed by atoms with Crippen molar-refractivity contribution in [2.45, 2.75) is 39.0 Å². The number of ether oxygens (including phenoxy) is 2. The summed E-state index contributed by atoms with van der Waals surface area (Å²) in [6.07, 6.45) is -0.526. The quantitative estimate of drug-likeness (QED) is 0.721. The van der Waals surface area contributed by atoms with Crippen molar-refractivity contribution in [2.24, 2.45) is 0 Å². The number of rotatable bonds is 9. The summed E-state index contributed by atoms with van der Waals surface area (Å²) in [7, 11) is 1.63. The molecule has 2 N–H and O–H groups in total. The van der Waals surface area contributed by atoms with Gasteiger partial charge in [-0.3, -0.25) is 0 Å². The van der Waals surface area contributed by atoms with E-state index in [1.807, 2.05) is 26.2 Å². The van der Waals surface area contributed by atoms with E-state index in [1.165, 1.54) is 0 Å². The number of hydrogen-bond acceptors (Lipinski definition) is 6. The fraction of sp³-hybridized carbons (Fsp3) is 0.769. The summed E-state index contributed by atoms with van der Waals surface area (Å²) in [5.41, 5.74) is 1.03. The van der Waals surface area contributed by atoms with E-state index in [0.717, 1.165) is 10.7 Å². The minimum atomic E-state index is -0.525. The predicted octanol–water partition coefficient (Wildman–Crippen LogP) is 1.51. The summed E-state index contributed by atoms with van der Waals surface area (Å²) in [4.78, 5) is 4.41. The first-order valence-corrected chi connectivity index (χ1v) is 7.35. The van der Waals surface area contributed by atoms with Crippen LogP contribution in [0.1, 0.15) is 30.6 Å². The highest BCUT2D eigenvalue weighted by Gasteiger charge is 2.12. The van der Waals surface area contributed by atoms with Gasteiger partial charge in [-0.15, -0.1) is 11.3 Å². The van der Waals surface area contributed by atoms with Crippen LogP contribution < -0.4 is 5.32 Å². The van der Waals surface area contributed by atoms with Crippen LogP contribution in [0.4, 0.5) is 0 Å². The number of aryl methyl sites for hydroxylation is 1. The summed E-state index contributed by atoms with van der Waals surface area (Å²) < 4.78 is 10.4. The standard InChI is InChI=1S/C13H24N2O3S/c1-9-8-19-13(15-9)11(3)14-5-12(16)7-18-10(2)6-17-4/h8,10-12,14,16H,5-7H2,1-4H3. The summed E-state index contributed by atoms with van der Waals surface area (Å²) in [6.45, 7) is 7.27. The third-order valence-corrected chi connectivity index (χ3v) is 3.79. The highest BCUT2D eigenvalue weighted by molar-refractivity contribution is 7.09. The number of hydrogen-bond donors (Lipinski definition) is 2. The molecule has 0 amide bonds. The van der Waals surface area contributed by atoms with Gasteiger partial charge in [-0.05, 0) is 20.8 Å². The van der Waals surface area contributed by atoms with Crippen molar-refractivity contribution < 1.29 is 14.6 Å². The van der Waals surface area contributed by atoms with E-state index in [4.69, 9.17) is 9.47 Å². The number of aliphatic hydroxyl groups is 1. The molecular weight excluding hydrogens is 264 g/mol. The van der Waals surface area contributed by atoms with Gasteiger partial charge in [0.05, 0.1) is 31.5 Å². The molecule has 0 aliphatic carbocycles. The monoisotopic (exact) mass is 288 g/mol. The van der Waals surface area contributed by atoms with Gasteiger partial charge in [0.15, 0.2) is 0 Å². The van der Waals surface area contributed by atoms with Crippen LogP contribution in [0.3, 0.4) is 0 Å². The normalized spacial score (nSPS) is 16.3. The van der Waals surface area contributed by atoms with Crippen LogP contribution >= 0.6 is 11.3 Å². The van der Waals surface area contributed by atoms with Gasteiger partial charge in [0, 0.05) is 24.7 Å². The van der Waals surface area contributed by atoms with E-state index in [9.17, 15) is 5.11 Å². The van der Waals surface area contributed by atoms with Crippen LogP contribution in [0.2, 0.25) is 0 Å². The second-order valence-electron chi connectivity index (χ2n) is 4.71. The van der Waals surface area contributed by atoms with E-state index in [0.29, 0.717) is 19.8 Å². The zero-order chi connectivity index (χ0) is 14.3. The maximum absolute atomic E-state index is 9.82. The van der Waals surface area contributed by atoms with E-state index in [2.05, 4.69) is 10.3 Å². The molecule has 3 atom stereocenters. The lowest BCUT2D eigenvalue weighted by Gasteiger charge is -2.18. The van der Waals surface area contributed by atoms with Crippen LogP contribution in [0, 0.1) is 6.92 Å². The van der Waals surface area contributed by atoms with Crippen LogP contribution in [0.5, 0.6) is 0 Å². The van der Waals surface area contributed by atoms with E-state index in [-0.39, 0.29) is 12.1 Å². The summed E-state index contributed by atoms with van der Waals surface area (Å²) in [5, 5.41) is 16.1. The van der Waals surface area contributed by atoms with Gasteiger partial charge in [-0.25, -0.2) is 4.98 Å². The molecule has 19 heavy (non-hydrogen) atoms. The maximum atomic E-state index is 9.82. The third-order valence-electron chi connectivity index (χ3n) is 2.64. The SMILES string of the molecule is COCC(C)OCC(O)CNC(C)c1nc(C)cs1. The molecular formula is C13H24N2O3S. The topological polar surface area (TPSA) is 63.6 Å². The number of thiazole rings is 1. The molecule has 1 aromatic rings. The van der Waals surface area contributed by atoms with Crippen LogP contribution in [0.15, 0.2) is 5.38 Å². The number of aromatic nitrogens is 1. The summed E-state index contributed by atoms with van der Waals surface area (Å²) >= 11 is 1.63. The minimum absolute atomic E-state index is 0.00122. The van der Waals surface area contributed by atoms with Crippen LogP contribution in [-0.4, -0.2) is 49.2 Å². The molecule has 110 valence electrons. The Kier molecular flexibility index (Phi) is 7.48. The van der Waals surface area contributed by atoms with Gasteiger partial charge in [-0.1, -0.05) is 0 Å². The lowest BCUT2D eigenvalue weighted by atomic mass is 10.3. The van der Waals surface area contributed by atoms with Crippen molar-refractivity contribution in [1.29, 1.82) is 0 Å². The van der Waals surface area contributed by atoms with E-state index in [1.54, 1.807) is 18.4 Å². The Hall–Kier alpha value is -0.530. The van der Waals surface area contributed by atoms with E-state index >= 15 is 0 Å². The molecule has 1 aromatic heterocycles. The molecule has 0 aliphatic rings. The fourth-order valence-electron chi connectivity index (χ4n) is 1.59. The summed E-state index contributed by atoms with van der Waals surface area (Å²) in [6, 6.07) is 0.143. The van der Waals surface area contributed by atoms with Crippen molar-refractivity contribution in [1.82, 2.24) is 10.3 Å². The lowest BCUT2D eigenvalue weighted by molar-refractivity contribution is -0.0315. The number of methoxy groups -OCH3 is 1. The zero-order valence-corrected chi connectivity index (χ0v) is 12.9. The predicted molar refractivity (Wildman–Crippen MR) is 76.6 cm³/mol. The second-order valence-corrected chi connectivity index (χ2v) is 5.60. The van der Waals surface area contributed by atoms with Crippen molar-refractivity contribution in [3.05, 3.63) is 16.1 Å². The Morgan fingerprint density at radius 3 is 2.74 bits per heavy atom. The van der Waals surface area contributed by atoms with Crippen molar-refractivity contribution in [2.75, 3.05) is 26.9 Å². The number of aliphatic hydroxyl groups excluding tert-OH is 1. The highest BCUT2D eigenvalue weighted by Crippen LogP contribution is 2.17. The zero-order valence-electron chi connectivity index (χ0n) is 12.0. The Morgan fingerprint density at radius 2 is 2.16 bits per heavy atom. The van der Waals surface area contributed by atoms with Crippen LogP contribution in [0.25, 0.3) is 0 Å². The van der Waals surface area contributed by atoms with E-state index < -0.39 is 6.10 Å². The minimum Gasteiger partial charge on any atom is -0.389 e. The molecule has 6 heteroatoms. The first kappa shape index (κ1) is 16.5. The van der Waals surface area contributed by atoms with Crippen molar-refractivity contribution in [3.8, 4) is 0 Å². The molecule has 0 spiro atoms. The number of nitrogens with one attached hydrogen (secondary N) is 1. The van der Waals surface area contributed by atoms with Crippen molar-refractivity contribution >= 4 is 11.3 Å². The molecule has 0 saturated carbocycles. The van der Waals surface area contributed by atoms with Gasteiger partial charge in [-0.2, -0.15) is 0 Å². The third kappa shape index (κ3) is 6.44. The Bertz CT molecular complexity index is 359. The lowest BCUT2D eigenvalue weighted by Crippen LogP contribution is -2.33. The molecule has 0 aromatic carbocycles. The van der Waals surface area contributed by atoms with Gasteiger partial charge >= 0.3 is 0 Å². The smallest absolute Gasteiger partial charge is 0.110 e. The average molecular weight is 288 g/mol. The molecule has 5 nitrogen and oxygen atoms in total. The second kappa shape index (κ2) is 8.60. The van der Waals surface area contributed by atoms with Gasteiger partial charge in [0.25, 0.3) is 0 Å². The van der Waals surface area contributed by atoms with Gasteiger partial charge < -0.3 is 19.9 Å². The molecule has 1 rings (SSSR count). The largest absolute Gasteiger partial charge is 0.389 e. The highest BCUT2D eigenvalue weighted by atomic mass is 32.1. The first-order chi connectivity index (χ1) is 9.02. The van der Waals surface area contributed by atoms with Crippen LogP contribution in [-0.2, 0) is 9.47 Å². The molecule has 0 saturated heterocycles. The Morgan fingerprint density at radius 1 is 1.42 bits per heavy atom. The summed E-state index contributed by atoms with van der Waals surface area (Å²) in [5.74, 6) is 0. The van der Waals surface area contributed by atoms with Crippen molar-refractivity contribution in [3.63, 3.8) is 0 Å². The van der Waals surface area contributed by atoms with Gasteiger partial charge in [0.2, 0.25) is 0 Å². The Balaban J connectivity index is 2.20. The maximum Gasteiger partial charge on any atom is 0.110 e. The molecule has 0 aliphatic heterocycles. The molecule has 3 unspecified atom stereocenters. The average Bonchev–Trinajstić information content (AvgIpc) is 2.80. The first-order valence-electron chi connectivity index (χ1n) is 6.47. The Labute approximate surface area is 119 Å². The molecule has 1 heterocycles.